The van der Waals surface area contributed by atoms with Gasteiger partial charge in [0.05, 0.1) is 6.61 Å². The van der Waals surface area contributed by atoms with Crippen LogP contribution in [0.2, 0.25) is 0 Å². The summed E-state index contributed by atoms with van der Waals surface area (Å²) in [6, 6.07) is 0. The van der Waals surface area contributed by atoms with Crippen LogP contribution in [-0.4, -0.2) is 69.1 Å². The lowest BCUT2D eigenvalue weighted by Crippen LogP contribution is -2.33. The molecule has 0 aliphatic carbocycles. The van der Waals surface area contributed by atoms with Gasteiger partial charge >= 0.3 is 23.5 Å². The summed E-state index contributed by atoms with van der Waals surface area (Å²) in [6.45, 7) is 0.557. The van der Waals surface area contributed by atoms with Crippen molar-refractivity contribution in [3.05, 3.63) is 38.5 Å². The lowest BCUT2D eigenvalue weighted by molar-refractivity contribution is -0.0225. The summed E-state index contributed by atoms with van der Waals surface area (Å²) in [5.74, 6) is 0.0987. The van der Waals surface area contributed by atoms with Crippen molar-refractivity contribution >= 4 is 41.5 Å². The Bertz CT molecular complexity index is 1360. The second-order valence-electron chi connectivity index (χ2n) is 6.96. The molecule has 1 fully saturated rings. The van der Waals surface area contributed by atoms with Gasteiger partial charge in [0.1, 0.15) is 29.1 Å². The van der Waals surface area contributed by atoms with Crippen molar-refractivity contribution in [2.75, 3.05) is 6.61 Å². The molecule has 1 aliphatic rings. The SMILES string of the molecule is Cc1cn2cc([C@@H]3O[C@H](COP(=O)(O)OP(=O)(O)OP(=O)(O)O)C(O)[C@@H]3O)c(=S)nc2[nH]c1=O. The van der Waals surface area contributed by atoms with Crippen LogP contribution < -0.4 is 5.56 Å². The van der Waals surface area contributed by atoms with Crippen LogP contribution in [0, 0.1) is 11.6 Å². The maximum atomic E-state index is 11.9. The van der Waals surface area contributed by atoms with Crippen molar-refractivity contribution in [2.24, 2.45) is 0 Å². The average molecular weight is 565 g/mol. The highest BCUT2D eigenvalue weighted by Gasteiger charge is 2.46. The van der Waals surface area contributed by atoms with Crippen molar-refractivity contribution < 1.29 is 61.4 Å². The lowest BCUT2D eigenvalue weighted by Gasteiger charge is -2.19. The first kappa shape index (κ1) is 27.4. The second kappa shape index (κ2) is 9.69. The number of H-pyrrole nitrogens is 1. The standard InChI is InChI=1S/C13H18N3O14P3S/c1-5-2-16-3-6(12(34)15-13(16)14-11(5)19)10-9(18)8(17)7(28-10)4-27-32(23,24)30-33(25,26)29-31(20,21)22/h2-3,7-10,17-18H,4H2,1H3,(H,23,24)(H,25,26)(H2,20,21,22)(H,14,15,19,34)/t7-,8?,9+,10+/m1/s1. The minimum absolute atomic E-state index is 0.0933. The molecule has 3 heterocycles. The zero-order valence-corrected chi connectivity index (χ0v) is 20.3. The number of nitrogens with zero attached hydrogens (tertiary/aromatic N) is 2. The molecule has 34 heavy (non-hydrogen) atoms. The number of aliphatic hydroxyl groups is 2. The topological polar surface area (TPSA) is 260 Å². The third kappa shape index (κ3) is 6.51. The third-order valence-electron chi connectivity index (χ3n) is 4.38. The number of ether oxygens (including phenoxy) is 1. The molecule has 0 spiro atoms. The van der Waals surface area contributed by atoms with Crippen molar-refractivity contribution in [3.63, 3.8) is 0 Å². The van der Waals surface area contributed by atoms with E-state index in [4.69, 9.17) is 31.6 Å². The fourth-order valence-corrected chi connectivity index (χ4v) is 6.24. The fraction of sp³-hybridized carbons (Fsp3) is 0.462. The molecule has 7 N–H and O–H groups in total. The molecule has 0 amide bonds. The minimum Gasteiger partial charge on any atom is -0.387 e. The number of nitrogens with one attached hydrogen (secondary N) is 1. The summed E-state index contributed by atoms with van der Waals surface area (Å²) in [4.78, 5) is 54.0. The second-order valence-corrected chi connectivity index (χ2v) is 11.8. The van der Waals surface area contributed by atoms with E-state index in [1.54, 1.807) is 0 Å². The molecular formula is C13H18N3O14P3S. The van der Waals surface area contributed by atoms with Crippen molar-refractivity contribution in [1.29, 1.82) is 0 Å². The largest absolute Gasteiger partial charge is 0.490 e. The number of aromatic amines is 1. The van der Waals surface area contributed by atoms with Crippen LogP contribution in [-0.2, 0) is 31.6 Å². The van der Waals surface area contributed by atoms with E-state index >= 15 is 0 Å². The average Bonchev–Trinajstić information content (AvgIpc) is 2.93. The third-order valence-corrected chi connectivity index (χ3v) is 8.51. The van der Waals surface area contributed by atoms with Gasteiger partial charge in [-0.05, 0) is 6.92 Å². The molecule has 0 aromatic carbocycles. The molecule has 1 aliphatic heterocycles. The molecule has 2 aromatic rings. The van der Waals surface area contributed by atoms with E-state index in [1.807, 2.05) is 0 Å². The van der Waals surface area contributed by atoms with Gasteiger partial charge in [-0.25, -0.2) is 18.7 Å². The molecule has 0 bridgehead atoms. The number of aromatic nitrogens is 3. The van der Waals surface area contributed by atoms with Crippen LogP contribution in [0.1, 0.15) is 17.2 Å². The Balaban J connectivity index is 1.76. The zero-order chi connectivity index (χ0) is 25.6. The molecular weight excluding hydrogens is 547 g/mol. The minimum atomic E-state index is -5.73. The first-order valence-corrected chi connectivity index (χ1v) is 13.8. The zero-order valence-electron chi connectivity index (χ0n) is 16.8. The van der Waals surface area contributed by atoms with E-state index in [-0.39, 0.29) is 16.0 Å². The maximum absolute atomic E-state index is 11.9. The van der Waals surface area contributed by atoms with Gasteiger partial charge in [0, 0.05) is 23.5 Å². The Labute approximate surface area is 194 Å². The van der Waals surface area contributed by atoms with Crippen LogP contribution in [0.4, 0.5) is 0 Å². The van der Waals surface area contributed by atoms with Gasteiger partial charge in [-0.2, -0.15) is 8.62 Å². The first-order chi connectivity index (χ1) is 15.5. The molecule has 6 atom stereocenters. The molecule has 190 valence electrons. The fourth-order valence-electron chi connectivity index (χ4n) is 2.95. The Kier molecular flexibility index (Phi) is 7.80. The number of fused-ring (bicyclic) bond motifs is 1. The van der Waals surface area contributed by atoms with E-state index in [9.17, 15) is 33.6 Å². The first-order valence-electron chi connectivity index (χ1n) is 8.91. The quantitative estimate of drug-likeness (QED) is 0.158. The molecule has 3 unspecified atom stereocenters. The maximum Gasteiger partial charge on any atom is 0.490 e. The van der Waals surface area contributed by atoms with E-state index in [0.717, 1.165) is 0 Å². The molecule has 17 nitrogen and oxygen atoms in total. The molecule has 2 aromatic heterocycles. The summed E-state index contributed by atoms with van der Waals surface area (Å²) in [5.41, 5.74) is 0.0595. The van der Waals surface area contributed by atoms with E-state index in [1.165, 1.54) is 23.7 Å². The summed E-state index contributed by atoms with van der Waals surface area (Å²) < 4.78 is 52.3. The van der Waals surface area contributed by atoms with Crippen LogP contribution >= 0.6 is 35.7 Å². The molecule has 0 saturated carbocycles. The van der Waals surface area contributed by atoms with E-state index in [0.29, 0.717) is 5.56 Å². The number of rotatable bonds is 8. The number of hydrogen-bond acceptors (Lipinski definition) is 12. The molecule has 0 radical (unpaired) electrons. The summed E-state index contributed by atoms with van der Waals surface area (Å²) in [7, 11) is -16.8. The highest BCUT2D eigenvalue weighted by atomic mass is 32.1. The van der Waals surface area contributed by atoms with Crippen molar-refractivity contribution in [3.8, 4) is 0 Å². The number of phosphoric ester groups is 1. The van der Waals surface area contributed by atoms with Crippen LogP contribution in [0.3, 0.4) is 0 Å². The molecule has 21 heteroatoms. The van der Waals surface area contributed by atoms with Gasteiger partial charge in [0.2, 0.25) is 5.78 Å². The van der Waals surface area contributed by atoms with Gasteiger partial charge < -0.3 is 34.5 Å². The van der Waals surface area contributed by atoms with Gasteiger partial charge in [0.25, 0.3) is 5.56 Å². The predicted molar refractivity (Wildman–Crippen MR) is 111 cm³/mol. The molecule has 1 saturated heterocycles. The Hall–Kier alpha value is -1.20. The van der Waals surface area contributed by atoms with Crippen molar-refractivity contribution in [1.82, 2.24) is 14.4 Å². The van der Waals surface area contributed by atoms with Gasteiger partial charge in [0.15, 0.2) is 0 Å². The number of hydrogen-bond donors (Lipinski definition) is 7. The predicted octanol–water partition coefficient (Wildman–Crippen LogP) is -0.434. The Morgan fingerprint density at radius 3 is 2.38 bits per heavy atom. The Morgan fingerprint density at radius 1 is 1.12 bits per heavy atom. The van der Waals surface area contributed by atoms with Crippen LogP contribution in [0.5, 0.6) is 0 Å². The van der Waals surface area contributed by atoms with E-state index in [2.05, 4.69) is 23.1 Å². The van der Waals surface area contributed by atoms with Gasteiger partial charge in [-0.1, -0.05) is 12.2 Å². The van der Waals surface area contributed by atoms with Gasteiger partial charge in [-0.15, -0.1) is 0 Å². The number of aliphatic hydroxyl groups excluding tert-OH is 2. The highest BCUT2D eigenvalue weighted by Crippen LogP contribution is 2.66. The smallest absolute Gasteiger partial charge is 0.387 e. The molecule has 3 rings (SSSR count). The number of aryl methyl sites for hydroxylation is 1. The Morgan fingerprint density at radius 2 is 1.76 bits per heavy atom. The van der Waals surface area contributed by atoms with Crippen LogP contribution in [0.15, 0.2) is 17.2 Å². The van der Waals surface area contributed by atoms with Gasteiger partial charge in [-0.3, -0.25) is 18.7 Å². The normalized spacial score (nSPS) is 26.9. The lowest BCUT2D eigenvalue weighted by atomic mass is 10.0. The van der Waals surface area contributed by atoms with Crippen molar-refractivity contribution in [2.45, 2.75) is 31.3 Å². The monoisotopic (exact) mass is 565 g/mol. The van der Waals surface area contributed by atoms with Crippen LogP contribution in [0.25, 0.3) is 5.78 Å². The summed E-state index contributed by atoms with van der Waals surface area (Å²) in [6.07, 6.45) is -3.29. The highest BCUT2D eigenvalue weighted by molar-refractivity contribution is 7.71. The summed E-state index contributed by atoms with van der Waals surface area (Å²) >= 11 is 5.16. The summed E-state index contributed by atoms with van der Waals surface area (Å²) in [5, 5.41) is 20.6. The van der Waals surface area contributed by atoms with E-state index < -0.39 is 60.1 Å². The number of phosphoric acid groups is 3.